The number of hydrogen-bond donors (Lipinski definition) is 1. The zero-order valence-electron chi connectivity index (χ0n) is 16.3. The molecule has 3 aromatic rings. The summed E-state index contributed by atoms with van der Waals surface area (Å²) in [6.07, 6.45) is 5.80. The molecule has 0 saturated carbocycles. The first kappa shape index (κ1) is 19.5. The van der Waals surface area contributed by atoms with E-state index < -0.39 is 0 Å². The van der Waals surface area contributed by atoms with E-state index in [-0.39, 0.29) is 17.8 Å². The Labute approximate surface area is 169 Å². The van der Waals surface area contributed by atoms with Crippen molar-refractivity contribution in [2.45, 2.75) is 44.8 Å². The van der Waals surface area contributed by atoms with Gasteiger partial charge in [-0.1, -0.05) is 12.1 Å². The number of aromatic nitrogens is 3. The van der Waals surface area contributed by atoms with Gasteiger partial charge in [0.05, 0.1) is 12.6 Å². The van der Waals surface area contributed by atoms with Gasteiger partial charge in [-0.15, -0.1) is 0 Å². The van der Waals surface area contributed by atoms with Crippen LogP contribution in [0.15, 0.2) is 42.6 Å². The van der Waals surface area contributed by atoms with Gasteiger partial charge in [-0.3, -0.25) is 4.79 Å². The Morgan fingerprint density at radius 2 is 2.14 bits per heavy atom. The molecule has 1 unspecified atom stereocenters. The molecule has 1 aliphatic heterocycles. The van der Waals surface area contributed by atoms with E-state index in [1.54, 1.807) is 18.3 Å². The number of aryl methyl sites for hydroxylation is 1. The molecule has 0 spiro atoms. The largest absolute Gasteiger partial charge is 0.376 e. The Morgan fingerprint density at radius 3 is 2.93 bits per heavy atom. The zero-order chi connectivity index (χ0) is 20.1. The molecule has 152 valence electrons. The molecule has 3 heterocycles. The van der Waals surface area contributed by atoms with E-state index in [0.29, 0.717) is 32.4 Å². The van der Waals surface area contributed by atoms with Gasteiger partial charge >= 0.3 is 0 Å². The average Bonchev–Trinajstić information content (AvgIpc) is 3.37. The quantitative estimate of drug-likeness (QED) is 0.635. The van der Waals surface area contributed by atoms with Crippen LogP contribution in [0.3, 0.4) is 0 Å². The summed E-state index contributed by atoms with van der Waals surface area (Å²) in [7, 11) is 0. The van der Waals surface area contributed by atoms with Crippen molar-refractivity contribution in [1.82, 2.24) is 19.9 Å². The van der Waals surface area contributed by atoms with E-state index in [1.807, 2.05) is 16.7 Å². The topological polar surface area (TPSA) is 69.0 Å². The Hall–Kier alpha value is -2.80. The van der Waals surface area contributed by atoms with Crippen molar-refractivity contribution in [1.29, 1.82) is 0 Å². The standard InChI is InChI=1S/C22H25FN4O2/c23-17-10-8-16(9-11-17)15-27-20(26-19-5-2-12-24-22(19)27)6-1-7-21(28)25-14-18-4-3-13-29-18/h2,5,8-12,18H,1,3-4,6-7,13-15H2,(H,25,28). The van der Waals surface area contributed by atoms with Crippen LogP contribution in [0.25, 0.3) is 11.2 Å². The maximum absolute atomic E-state index is 13.2. The summed E-state index contributed by atoms with van der Waals surface area (Å²) >= 11 is 0. The van der Waals surface area contributed by atoms with Crippen molar-refractivity contribution in [3.63, 3.8) is 0 Å². The van der Waals surface area contributed by atoms with Crippen molar-refractivity contribution < 1.29 is 13.9 Å². The highest BCUT2D eigenvalue weighted by Crippen LogP contribution is 2.18. The number of carbonyl (C=O) groups is 1. The van der Waals surface area contributed by atoms with Crippen molar-refractivity contribution in [2.24, 2.45) is 0 Å². The molecule has 1 saturated heterocycles. The minimum absolute atomic E-state index is 0.0415. The third kappa shape index (κ3) is 4.98. The average molecular weight is 396 g/mol. The molecule has 7 heteroatoms. The molecule has 1 aromatic carbocycles. The molecular weight excluding hydrogens is 371 g/mol. The lowest BCUT2D eigenvalue weighted by Crippen LogP contribution is -2.31. The molecule has 0 bridgehead atoms. The van der Waals surface area contributed by atoms with Gasteiger partial charge in [-0.25, -0.2) is 14.4 Å². The number of imidazole rings is 1. The maximum Gasteiger partial charge on any atom is 0.220 e. The summed E-state index contributed by atoms with van der Waals surface area (Å²) in [6.45, 7) is 1.94. The number of ether oxygens (including phenoxy) is 1. The number of pyridine rings is 1. The lowest BCUT2D eigenvalue weighted by molar-refractivity contribution is -0.121. The smallest absolute Gasteiger partial charge is 0.220 e. The first-order valence-corrected chi connectivity index (χ1v) is 10.1. The fraction of sp³-hybridized carbons (Fsp3) is 0.409. The predicted molar refractivity (Wildman–Crippen MR) is 108 cm³/mol. The molecule has 1 atom stereocenters. The highest BCUT2D eigenvalue weighted by atomic mass is 19.1. The summed E-state index contributed by atoms with van der Waals surface area (Å²) in [5.74, 6) is 0.673. The molecule has 0 radical (unpaired) electrons. The van der Waals surface area contributed by atoms with Gasteiger partial charge in [0.25, 0.3) is 0 Å². The first-order chi connectivity index (χ1) is 14.2. The second kappa shape index (κ2) is 9.13. The molecule has 1 fully saturated rings. The molecule has 1 amide bonds. The zero-order valence-corrected chi connectivity index (χ0v) is 16.3. The van der Waals surface area contributed by atoms with Crippen LogP contribution in [-0.2, 0) is 22.5 Å². The Kier molecular flexibility index (Phi) is 6.14. The van der Waals surface area contributed by atoms with E-state index in [0.717, 1.165) is 42.0 Å². The monoisotopic (exact) mass is 396 g/mol. The molecular formula is C22H25FN4O2. The number of nitrogens with one attached hydrogen (secondary N) is 1. The summed E-state index contributed by atoms with van der Waals surface area (Å²) in [5, 5.41) is 2.96. The number of halogens is 1. The van der Waals surface area contributed by atoms with Crippen LogP contribution in [0, 0.1) is 5.82 Å². The second-order valence-electron chi connectivity index (χ2n) is 7.38. The first-order valence-electron chi connectivity index (χ1n) is 10.1. The lowest BCUT2D eigenvalue weighted by Gasteiger charge is -2.11. The van der Waals surface area contributed by atoms with Gasteiger partial charge in [0.15, 0.2) is 5.65 Å². The number of amides is 1. The molecule has 1 N–H and O–H groups in total. The highest BCUT2D eigenvalue weighted by Gasteiger charge is 2.16. The van der Waals surface area contributed by atoms with Crippen molar-refractivity contribution in [3.8, 4) is 0 Å². The van der Waals surface area contributed by atoms with Crippen LogP contribution in [0.1, 0.15) is 37.1 Å². The van der Waals surface area contributed by atoms with Crippen molar-refractivity contribution in [2.75, 3.05) is 13.2 Å². The Morgan fingerprint density at radius 1 is 1.28 bits per heavy atom. The maximum atomic E-state index is 13.2. The number of fused-ring (bicyclic) bond motifs is 1. The fourth-order valence-corrected chi connectivity index (χ4v) is 3.66. The van der Waals surface area contributed by atoms with E-state index in [4.69, 9.17) is 9.72 Å². The summed E-state index contributed by atoms with van der Waals surface area (Å²) in [5.41, 5.74) is 2.61. The third-order valence-electron chi connectivity index (χ3n) is 5.19. The molecule has 4 rings (SSSR count). The Balaban J connectivity index is 1.39. The fourth-order valence-electron chi connectivity index (χ4n) is 3.66. The van der Waals surface area contributed by atoms with Crippen LogP contribution < -0.4 is 5.32 Å². The summed E-state index contributed by atoms with van der Waals surface area (Å²) in [4.78, 5) is 21.3. The SMILES string of the molecule is O=C(CCCc1nc2cccnc2n1Cc1ccc(F)cc1)NCC1CCCO1. The van der Waals surface area contributed by atoms with Gasteiger partial charge in [0, 0.05) is 32.2 Å². The van der Waals surface area contributed by atoms with Crippen LogP contribution in [-0.4, -0.2) is 39.7 Å². The molecule has 6 nitrogen and oxygen atoms in total. The number of rotatable bonds is 8. The van der Waals surface area contributed by atoms with E-state index in [1.165, 1.54) is 12.1 Å². The van der Waals surface area contributed by atoms with Crippen molar-refractivity contribution >= 4 is 17.1 Å². The third-order valence-corrected chi connectivity index (χ3v) is 5.19. The number of hydrogen-bond acceptors (Lipinski definition) is 4. The van der Waals surface area contributed by atoms with Gasteiger partial charge in [0.2, 0.25) is 5.91 Å². The normalized spacial score (nSPS) is 16.4. The second-order valence-corrected chi connectivity index (χ2v) is 7.38. The van der Waals surface area contributed by atoms with Gasteiger partial charge in [0.1, 0.15) is 17.2 Å². The van der Waals surface area contributed by atoms with E-state index in [2.05, 4.69) is 10.3 Å². The predicted octanol–water partition coefficient (Wildman–Crippen LogP) is 3.24. The summed E-state index contributed by atoms with van der Waals surface area (Å²) < 4.78 is 20.8. The van der Waals surface area contributed by atoms with Crippen LogP contribution >= 0.6 is 0 Å². The summed E-state index contributed by atoms with van der Waals surface area (Å²) in [6, 6.07) is 10.2. The van der Waals surface area contributed by atoms with Crippen molar-refractivity contribution in [3.05, 3.63) is 59.8 Å². The van der Waals surface area contributed by atoms with E-state index in [9.17, 15) is 9.18 Å². The Bertz CT molecular complexity index is 965. The highest BCUT2D eigenvalue weighted by molar-refractivity contribution is 5.76. The molecule has 2 aromatic heterocycles. The number of nitrogens with zero attached hydrogens (tertiary/aromatic N) is 3. The molecule has 1 aliphatic rings. The minimum atomic E-state index is -0.253. The lowest BCUT2D eigenvalue weighted by atomic mass is 10.2. The number of benzene rings is 1. The molecule has 0 aliphatic carbocycles. The molecule has 29 heavy (non-hydrogen) atoms. The van der Waals surface area contributed by atoms with Crippen LogP contribution in [0.5, 0.6) is 0 Å². The minimum Gasteiger partial charge on any atom is -0.376 e. The van der Waals surface area contributed by atoms with E-state index >= 15 is 0 Å². The van der Waals surface area contributed by atoms with Crippen LogP contribution in [0.4, 0.5) is 4.39 Å². The van der Waals surface area contributed by atoms with Gasteiger partial charge < -0.3 is 14.6 Å². The van der Waals surface area contributed by atoms with Crippen LogP contribution in [0.2, 0.25) is 0 Å². The van der Waals surface area contributed by atoms with Gasteiger partial charge in [-0.2, -0.15) is 0 Å². The van der Waals surface area contributed by atoms with Gasteiger partial charge in [-0.05, 0) is 49.1 Å². The number of carbonyl (C=O) groups excluding carboxylic acids is 1.